The number of benzene rings is 1. The first-order valence-electron chi connectivity index (χ1n) is 18.8. The van der Waals surface area contributed by atoms with Crippen molar-refractivity contribution < 1.29 is 42.4 Å². The van der Waals surface area contributed by atoms with Crippen molar-refractivity contribution in [3.63, 3.8) is 0 Å². The number of rotatable bonds is 10. The van der Waals surface area contributed by atoms with Crippen LogP contribution in [0.5, 0.6) is 11.5 Å². The van der Waals surface area contributed by atoms with Gasteiger partial charge in [0.25, 0.3) is 0 Å². The minimum absolute atomic E-state index is 0.0239. The largest absolute Gasteiger partial charge is 0.485 e. The Morgan fingerprint density at radius 3 is 2.44 bits per heavy atom. The van der Waals surface area contributed by atoms with Crippen LogP contribution in [0.2, 0.25) is 18.1 Å². The van der Waals surface area contributed by atoms with Gasteiger partial charge in [-0.2, -0.15) is 0 Å². The van der Waals surface area contributed by atoms with E-state index in [-0.39, 0.29) is 36.9 Å². The monoisotopic (exact) mass is 789 g/mol. The van der Waals surface area contributed by atoms with Crippen LogP contribution in [0.15, 0.2) is 35.0 Å². The Morgan fingerprint density at radius 2 is 1.83 bits per heavy atom. The summed E-state index contributed by atoms with van der Waals surface area (Å²) in [5.41, 5.74) is -0.300. The molecule has 3 aliphatic heterocycles. The number of carbonyl (C=O) groups is 2. The van der Waals surface area contributed by atoms with Crippen LogP contribution in [0.4, 0.5) is 4.79 Å². The zero-order valence-corrected chi connectivity index (χ0v) is 36.1. The van der Waals surface area contributed by atoms with E-state index in [1.54, 1.807) is 20.4 Å². The molecule has 0 aliphatic carbocycles. The van der Waals surface area contributed by atoms with E-state index < -0.39 is 43.3 Å². The Balaban J connectivity index is 1.60. The number of ether oxygens (including phenoxy) is 6. The maximum absolute atomic E-state index is 14.5. The van der Waals surface area contributed by atoms with E-state index in [4.69, 9.17) is 49.4 Å². The lowest BCUT2D eigenvalue weighted by Crippen LogP contribution is -2.64. The number of alkyl halides is 1. The molecule has 5 rings (SSSR count). The number of amides is 1. The lowest BCUT2D eigenvalue weighted by Gasteiger charge is -2.45. The van der Waals surface area contributed by atoms with Crippen molar-refractivity contribution in [2.45, 2.75) is 135 Å². The summed E-state index contributed by atoms with van der Waals surface area (Å²) in [5.74, 6) is 1.50. The summed E-state index contributed by atoms with van der Waals surface area (Å²) in [4.78, 5) is 35.3. The molecule has 4 heterocycles. The van der Waals surface area contributed by atoms with Crippen LogP contribution in [0.3, 0.4) is 0 Å². The molecule has 1 aromatic heterocycles. The minimum atomic E-state index is -2.21. The summed E-state index contributed by atoms with van der Waals surface area (Å²) in [6, 6.07) is 2.93. The van der Waals surface area contributed by atoms with Crippen LogP contribution in [-0.4, -0.2) is 111 Å². The van der Waals surface area contributed by atoms with Gasteiger partial charge in [0.15, 0.2) is 19.8 Å². The summed E-state index contributed by atoms with van der Waals surface area (Å²) in [6.07, 6.45) is 3.55. The van der Waals surface area contributed by atoms with Crippen molar-refractivity contribution in [1.29, 1.82) is 0 Å². The summed E-state index contributed by atoms with van der Waals surface area (Å²) >= 11 is 6.15. The highest BCUT2D eigenvalue weighted by Gasteiger charge is 2.59. The summed E-state index contributed by atoms with van der Waals surface area (Å²) in [7, 11) is 0.923. The third-order valence-corrected chi connectivity index (χ3v) is 16.0. The average Bonchev–Trinajstić information content (AvgIpc) is 3.60. The Labute approximate surface area is 326 Å². The number of hydrogen-bond donors (Lipinski definition) is 0. The van der Waals surface area contributed by atoms with Crippen LogP contribution in [0.25, 0.3) is 10.9 Å². The van der Waals surface area contributed by atoms with E-state index in [1.807, 2.05) is 64.7 Å². The normalized spacial score (nSPS) is 24.7. The van der Waals surface area contributed by atoms with Crippen LogP contribution in [0.1, 0.15) is 80.7 Å². The van der Waals surface area contributed by atoms with Crippen molar-refractivity contribution in [3.8, 4) is 11.5 Å². The van der Waals surface area contributed by atoms with Gasteiger partial charge in [0, 0.05) is 44.0 Å². The molecule has 54 heavy (non-hydrogen) atoms. The number of methoxy groups -OCH3 is 2. The third-order valence-electron chi connectivity index (χ3n) is 11.1. The number of allylic oxidation sites excluding steroid dienone is 1. The first kappa shape index (κ1) is 42.0. The van der Waals surface area contributed by atoms with Crippen LogP contribution in [0, 0.1) is 0 Å². The molecular weight excluding hydrogens is 730 g/mol. The van der Waals surface area contributed by atoms with Crippen LogP contribution in [-0.2, 0) is 34.6 Å². The lowest BCUT2D eigenvalue weighted by atomic mass is 9.85. The van der Waals surface area contributed by atoms with E-state index >= 15 is 0 Å². The van der Waals surface area contributed by atoms with E-state index in [0.717, 1.165) is 5.57 Å². The van der Waals surface area contributed by atoms with Gasteiger partial charge < -0.3 is 37.7 Å². The quantitative estimate of drug-likeness (QED) is 0.103. The van der Waals surface area contributed by atoms with Crippen LogP contribution >= 0.6 is 11.6 Å². The predicted octanol–water partition coefficient (Wildman–Crippen LogP) is 7.87. The standard InChI is InChI=1S/C40H60ClN3O9Si/c1-25(21-41)16-18-40-30(50-24-47-10)17-19-44(40)34(45)28(42-35(40)48-11)20-26-22-43(36(46)52-37(2,3)4)32-27(26)14-15-29-33(32)49-23-31(39(8,9)51-29)53-54(12,13)38(5,6)7/h14-16,22,28,30-31H,17-21,23-24H2,1-13H3/b25-16+/t28?,30-,31?,40+/m0/s1. The topological polar surface area (TPSA) is 119 Å². The Morgan fingerprint density at radius 1 is 1.13 bits per heavy atom. The van der Waals surface area contributed by atoms with E-state index in [9.17, 15) is 9.59 Å². The summed E-state index contributed by atoms with van der Waals surface area (Å²) in [6.45, 7) is 23.2. The van der Waals surface area contributed by atoms with Gasteiger partial charge in [-0.1, -0.05) is 32.4 Å². The van der Waals surface area contributed by atoms with Crippen molar-refractivity contribution in [3.05, 3.63) is 35.5 Å². The third kappa shape index (κ3) is 8.07. The predicted molar refractivity (Wildman–Crippen MR) is 213 cm³/mol. The molecule has 0 spiro atoms. The highest BCUT2D eigenvalue weighted by molar-refractivity contribution is 6.74. The van der Waals surface area contributed by atoms with Gasteiger partial charge in [-0.05, 0) is 83.8 Å². The second-order valence-electron chi connectivity index (χ2n) is 17.7. The number of aliphatic imine (C=N–C) groups is 1. The number of aromatic nitrogens is 1. The fourth-order valence-electron chi connectivity index (χ4n) is 7.16. The van der Waals surface area contributed by atoms with Crippen LogP contribution < -0.4 is 9.47 Å². The molecule has 3 aliphatic rings. The lowest BCUT2D eigenvalue weighted by molar-refractivity contribution is -0.142. The van der Waals surface area contributed by atoms with Gasteiger partial charge in [0.2, 0.25) is 11.8 Å². The highest BCUT2D eigenvalue weighted by Crippen LogP contribution is 2.46. The first-order chi connectivity index (χ1) is 25.1. The van der Waals surface area contributed by atoms with Gasteiger partial charge in [0.05, 0.1) is 13.2 Å². The average molecular weight is 790 g/mol. The molecule has 0 bridgehead atoms. The van der Waals surface area contributed by atoms with E-state index in [2.05, 4.69) is 33.9 Å². The minimum Gasteiger partial charge on any atom is -0.485 e. The summed E-state index contributed by atoms with van der Waals surface area (Å²) < 4.78 is 44.9. The van der Waals surface area contributed by atoms with Crippen molar-refractivity contribution in [2.75, 3.05) is 40.0 Å². The molecule has 300 valence electrons. The maximum atomic E-state index is 14.5. The molecule has 4 atom stereocenters. The molecule has 0 radical (unpaired) electrons. The number of carbonyl (C=O) groups excluding carboxylic acids is 2. The van der Waals surface area contributed by atoms with Gasteiger partial charge in [-0.25, -0.2) is 14.4 Å². The molecule has 14 heteroatoms. The molecule has 0 N–H and O–H groups in total. The SMILES string of the molecule is COCO[C@H]1CCN2C(=O)C(Cc3cn(C(=O)OC(C)(C)C)c4c5c(ccc34)OC(C)(C)C(O[Si](C)(C)C(C)(C)C)CO5)N=C(OC)[C@@]12C/C=C(\C)CCl. The van der Waals surface area contributed by atoms with Gasteiger partial charge >= 0.3 is 6.09 Å². The fourth-order valence-corrected chi connectivity index (χ4v) is 8.68. The molecular formula is C40H60ClN3O9Si. The molecule has 1 amide bonds. The van der Waals surface area contributed by atoms with E-state index in [0.29, 0.717) is 59.1 Å². The zero-order valence-electron chi connectivity index (χ0n) is 34.4. The molecule has 2 unspecified atom stereocenters. The second kappa shape index (κ2) is 15.4. The molecule has 1 aromatic carbocycles. The van der Waals surface area contributed by atoms with Crippen molar-refractivity contribution in [2.24, 2.45) is 4.99 Å². The van der Waals surface area contributed by atoms with Gasteiger partial charge in [-0.3, -0.25) is 4.79 Å². The molecule has 1 saturated heterocycles. The van der Waals surface area contributed by atoms with Crippen molar-refractivity contribution in [1.82, 2.24) is 9.47 Å². The van der Waals surface area contributed by atoms with Gasteiger partial charge in [0.1, 0.15) is 47.8 Å². The second-order valence-corrected chi connectivity index (χ2v) is 22.7. The fraction of sp³-hybridized carbons (Fsp3) is 0.675. The molecule has 12 nitrogen and oxygen atoms in total. The Kier molecular flexibility index (Phi) is 12.0. The molecule has 2 aromatic rings. The molecule has 0 saturated carbocycles. The number of halogens is 1. The number of nitrogens with zero attached hydrogens (tertiary/aromatic N) is 3. The summed E-state index contributed by atoms with van der Waals surface area (Å²) in [5, 5.41) is 0.691. The Bertz CT molecular complexity index is 1790. The smallest absolute Gasteiger partial charge is 0.419 e. The van der Waals surface area contributed by atoms with Gasteiger partial charge in [-0.15, -0.1) is 11.6 Å². The zero-order chi connectivity index (χ0) is 40.0. The van der Waals surface area contributed by atoms with E-state index in [1.165, 1.54) is 4.57 Å². The van der Waals surface area contributed by atoms with Crippen molar-refractivity contribution >= 4 is 48.7 Å². The first-order valence-corrected chi connectivity index (χ1v) is 22.2. The molecule has 1 fully saturated rings. The highest BCUT2D eigenvalue weighted by atomic mass is 35.5. The Hall–Kier alpha value is -3.10. The maximum Gasteiger partial charge on any atom is 0.419 e. The number of hydrogen-bond acceptors (Lipinski definition) is 10. The number of fused-ring (bicyclic) bond motifs is 4.